The molecule has 0 spiro atoms. The minimum atomic E-state index is -0.663. The number of hydrogen-bond acceptors (Lipinski definition) is 7. The van der Waals surface area contributed by atoms with Crippen molar-refractivity contribution in [3.63, 3.8) is 0 Å². The number of benzene rings is 2. The summed E-state index contributed by atoms with van der Waals surface area (Å²) >= 11 is 11.7. The Morgan fingerprint density at radius 3 is 2.77 bits per heavy atom. The zero-order chi connectivity index (χ0) is 19.3. The lowest BCUT2D eigenvalue weighted by atomic mass is 10.2. The Kier molecular flexibility index (Phi) is 6.37. The average molecular weight is 398 g/mol. The molecule has 0 aliphatic carbocycles. The van der Waals surface area contributed by atoms with Crippen LogP contribution in [0.4, 0.5) is 11.4 Å². The maximum Gasteiger partial charge on any atom is 0.338 e. The van der Waals surface area contributed by atoms with E-state index in [9.17, 15) is 20.0 Å². The molecule has 0 amide bonds. The molecule has 26 heavy (non-hydrogen) atoms. The van der Waals surface area contributed by atoms with Crippen LogP contribution in [0.3, 0.4) is 0 Å². The first kappa shape index (κ1) is 19.5. The molecule has 2 aromatic carbocycles. The van der Waals surface area contributed by atoms with Crippen molar-refractivity contribution in [3.8, 4) is 5.75 Å². The van der Waals surface area contributed by atoms with Gasteiger partial charge in [0.05, 0.1) is 28.3 Å². The van der Waals surface area contributed by atoms with Crippen LogP contribution in [0.5, 0.6) is 5.75 Å². The van der Waals surface area contributed by atoms with Gasteiger partial charge in [0.15, 0.2) is 0 Å². The number of ether oxygens (including phenoxy) is 1. The summed E-state index contributed by atoms with van der Waals surface area (Å²) in [7, 11) is 0. The van der Waals surface area contributed by atoms with Crippen LogP contribution in [0.2, 0.25) is 10.0 Å². The molecule has 2 N–H and O–H groups in total. The predicted molar refractivity (Wildman–Crippen MR) is 98.4 cm³/mol. The maximum atomic E-state index is 11.7. The van der Waals surface area contributed by atoms with Gasteiger partial charge in [-0.3, -0.25) is 15.5 Å². The first-order chi connectivity index (χ1) is 12.3. The van der Waals surface area contributed by atoms with Gasteiger partial charge in [0, 0.05) is 16.7 Å². The van der Waals surface area contributed by atoms with Crippen molar-refractivity contribution >= 4 is 46.8 Å². The Hall–Kier alpha value is -2.84. The Bertz CT molecular complexity index is 886. The lowest BCUT2D eigenvalue weighted by Gasteiger charge is -2.06. The van der Waals surface area contributed by atoms with E-state index in [0.717, 1.165) is 6.07 Å². The average Bonchev–Trinajstić information content (AvgIpc) is 2.59. The smallest absolute Gasteiger partial charge is 0.338 e. The standard InChI is InChI=1S/C16H13Cl2N3O5/c1-2-26-16(23)9-3-4-13(14(6-9)21(24)25)20-19-8-10-5-11(17)7-12(18)15(10)22/h3-8,20,22H,2H2,1H3/b19-8+. The molecule has 0 bridgehead atoms. The van der Waals surface area contributed by atoms with Crippen molar-refractivity contribution in [2.75, 3.05) is 12.0 Å². The molecule has 0 saturated carbocycles. The molecule has 0 radical (unpaired) electrons. The number of anilines is 1. The monoisotopic (exact) mass is 397 g/mol. The lowest BCUT2D eigenvalue weighted by Crippen LogP contribution is -2.06. The van der Waals surface area contributed by atoms with Crippen LogP contribution in [0, 0.1) is 10.1 Å². The molecular weight excluding hydrogens is 385 g/mol. The summed E-state index contributed by atoms with van der Waals surface area (Å²) in [6.45, 7) is 1.79. The van der Waals surface area contributed by atoms with Crippen molar-refractivity contribution in [1.29, 1.82) is 0 Å². The largest absolute Gasteiger partial charge is 0.506 e. The van der Waals surface area contributed by atoms with E-state index in [1.165, 1.54) is 30.5 Å². The number of nitrogens with zero attached hydrogens (tertiary/aromatic N) is 2. The van der Waals surface area contributed by atoms with Crippen LogP contribution >= 0.6 is 23.2 Å². The number of aromatic hydroxyl groups is 1. The lowest BCUT2D eigenvalue weighted by molar-refractivity contribution is -0.384. The number of carbonyl (C=O) groups is 1. The van der Waals surface area contributed by atoms with Crippen molar-refractivity contribution in [1.82, 2.24) is 0 Å². The topological polar surface area (TPSA) is 114 Å². The molecule has 136 valence electrons. The third kappa shape index (κ3) is 4.62. The first-order valence-electron chi connectivity index (χ1n) is 7.26. The van der Waals surface area contributed by atoms with E-state index >= 15 is 0 Å². The third-order valence-corrected chi connectivity index (χ3v) is 3.66. The van der Waals surface area contributed by atoms with E-state index in [1.54, 1.807) is 6.92 Å². The highest BCUT2D eigenvalue weighted by Crippen LogP contribution is 2.30. The van der Waals surface area contributed by atoms with Gasteiger partial charge in [-0.15, -0.1) is 0 Å². The van der Waals surface area contributed by atoms with Gasteiger partial charge in [-0.2, -0.15) is 5.10 Å². The Labute approximate surface area is 158 Å². The minimum Gasteiger partial charge on any atom is -0.506 e. The summed E-state index contributed by atoms with van der Waals surface area (Å²) in [6, 6.07) is 6.57. The van der Waals surface area contributed by atoms with Crippen molar-refractivity contribution in [2.24, 2.45) is 5.10 Å². The number of nitrogens with one attached hydrogen (secondary N) is 1. The van der Waals surface area contributed by atoms with Crippen LogP contribution in [0.25, 0.3) is 0 Å². The molecule has 0 heterocycles. The molecule has 0 unspecified atom stereocenters. The van der Waals surface area contributed by atoms with Gasteiger partial charge in [-0.25, -0.2) is 4.79 Å². The number of nitro groups is 1. The number of hydrogen-bond donors (Lipinski definition) is 2. The number of esters is 1. The van der Waals surface area contributed by atoms with Crippen LogP contribution in [-0.2, 0) is 4.74 Å². The number of phenolic OH excluding ortho intramolecular Hbond substituents is 1. The number of hydrazone groups is 1. The third-order valence-electron chi connectivity index (χ3n) is 3.15. The SMILES string of the molecule is CCOC(=O)c1ccc(N/N=C/c2cc(Cl)cc(Cl)c2O)c([N+](=O)[O-])c1. The second kappa shape index (κ2) is 8.50. The van der Waals surface area contributed by atoms with Gasteiger partial charge in [0.25, 0.3) is 5.69 Å². The van der Waals surface area contributed by atoms with Crippen LogP contribution < -0.4 is 5.43 Å². The second-order valence-corrected chi connectivity index (χ2v) is 5.75. The Morgan fingerprint density at radius 2 is 2.12 bits per heavy atom. The second-order valence-electron chi connectivity index (χ2n) is 4.90. The molecule has 8 nitrogen and oxygen atoms in total. The number of halogens is 2. The molecule has 0 saturated heterocycles. The van der Waals surface area contributed by atoms with Crippen molar-refractivity contribution < 1.29 is 19.6 Å². The minimum absolute atomic E-state index is 0.0451. The molecular formula is C16H13Cl2N3O5. The first-order valence-corrected chi connectivity index (χ1v) is 8.01. The van der Waals surface area contributed by atoms with Gasteiger partial charge in [-0.1, -0.05) is 23.2 Å². The Morgan fingerprint density at radius 1 is 1.38 bits per heavy atom. The number of nitro benzene ring substituents is 1. The number of carbonyl (C=O) groups excluding carboxylic acids is 1. The zero-order valence-corrected chi connectivity index (χ0v) is 14.9. The highest BCUT2D eigenvalue weighted by molar-refractivity contribution is 6.36. The van der Waals surface area contributed by atoms with Crippen LogP contribution in [0.1, 0.15) is 22.8 Å². The fourth-order valence-corrected chi connectivity index (χ4v) is 2.48. The van der Waals surface area contributed by atoms with E-state index in [-0.39, 0.29) is 39.9 Å². The van der Waals surface area contributed by atoms with Crippen LogP contribution in [-0.4, -0.2) is 28.8 Å². The number of phenols is 1. The number of rotatable bonds is 6. The summed E-state index contributed by atoms with van der Waals surface area (Å²) in [5, 5.41) is 25.2. The highest BCUT2D eigenvalue weighted by Gasteiger charge is 2.18. The summed E-state index contributed by atoms with van der Waals surface area (Å²) in [4.78, 5) is 22.2. The van der Waals surface area contributed by atoms with Gasteiger partial charge >= 0.3 is 5.97 Å². The molecule has 0 aromatic heterocycles. The highest BCUT2D eigenvalue weighted by atomic mass is 35.5. The molecule has 0 fully saturated rings. The van der Waals surface area contributed by atoms with E-state index in [2.05, 4.69) is 10.5 Å². The van der Waals surface area contributed by atoms with Gasteiger partial charge < -0.3 is 9.84 Å². The molecule has 0 atom stereocenters. The van der Waals surface area contributed by atoms with E-state index < -0.39 is 10.9 Å². The Balaban J connectivity index is 2.27. The van der Waals surface area contributed by atoms with Crippen molar-refractivity contribution in [3.05, 3.63) is 61.6 Å². The molecule has 0 aliphatic rings. The van der Waals surface area contributed by atoms with E-state index in [1.807, 2.05) is 0 Å². The van der Waals surface area contributed by atoms with E-state index in [0.29, 0.717) is 5.02 Å². The van der Waals surface area contributed by atoms with Gasteiger partial charge in [0.1, 0.15) is 11.4 Å². The predicted octanol–water partition coefficient (Wildman–Crippen LogP) is 4.23. The van der Waals surface area contributed by atoms with Gasteiger partial charge in [0.2, 0.25) is 0 Å². The fraction of sp³-hybridized carbons (Fsp3) is 0.125. The summed E-state index contributed by atoms with van der Waals surface area (Å²) in [5.41, 5.74) is 2.45. The molecule has 0 aliphatic heterocycles. The van der Waals surface area contributed by atoms with Crippen molar-refractivity contribution in [2.45, 2.75) is 6.92 Å². The normalized spacial score (nSPS) is 10.7. The molecule has 2 rings (SSSR count). The summed E-state index contributed by atoms with van der Waals surface area (Å²) < 4.78 is 4.81. The zero-order valence-electron chi connectivity index (χ0n) is 13.4. The summed E-state index contributed by atoms with van der Waals surface area (Å²) in [5.74, 6) is -0.891. The maximum absolute atomic E-state index is 11.7. The molecule has 10 heteroatoms. The van der Waals surface area contributed by atoms with E-state index in [4.69, 9.17) is 27.9 Å². The summed E-state index contributed by atoms with van der Waals surface area (Å²) in [6.07, 6.45) is 1.20. The van der Waals surface area contributed by atoms with Crippen LogP contribution in [0.15, 0.2) is 35.4 Å². The quantitative estimate of drug-likeness (QED) is 0.326. The fourth-order valence-electron chi connectivity index (χ4n) is 1.97. The molecule has 2 aromatic rings. The van der Waals surface area contributed by atoms with Gasteiger partial charge in [-0.05, 0) is 31.2 Å².